The van der Waals surface area contributed by atoms with Crippen LogP contribution in [-0.4, -0.2) is 6.54 Å². The van der Waals surface area contributed by atoms with Crippen molar-refractivity contribution in [3.63, 3.8) is 0 Å². The quantitative estimate of drug-likeness (QED) is 0.651. The molecule has 0 aromatic heterocycles. The van der Waals surface area contributed by atoms with E-state index in [4.69, 9.17) is 5.73 Å². The molecule has 0 amide bonds. The normalized spacial score (nSPS) is 9.15. The van der Waals surface area contributed by atoms with Gasteiger partial charge in [0, 0.05) is 13.0 Å². The molecule has 0 unspecified atom stereocenters. The fraction of sp³-hybridized carbons (Fsp3) is 0.273. The molecule has 0 aliphatic heterocycles. The van der Waals surface area contributed by atoms with E-state index in [1.165, 1.54) is 0 Å². The molecule has 0 aliphatic rings. The SMILES string of the molecule is Cc1cccc(C#CCCN)c1F. The number of hydrogen-bond donors (Lipinski definition) is 1. The van der Waals surface area contributed by atoms with Gasteiger partial charge in [0.15, 0.2) is 0 Å². The Bertz CT molecular complexity index is 347. The first-order valence-electron chi connectivity index (χ1n) is 4.19. The molecular formula is C11H12FN. The standard InChI is InChI=1S/C11H12FN/c1-9-5-4-7-10(11(9)12)6-2-3-8-13/h4-5,7H,3,8,13H2,1H3. The molecule has 0 spiro atoms. The van der Waals surface area contributed by atoms with Crippen LogP contribution in [0.2, 0.25) is 0 Å². The van der Waals surface area contributed by atoms with Gasteiger partial charge in [-0.2, -0.15) is 0 Å². The number of hydrogen-bond acceptors (Lipinski definition) is 1. The molecule has 2 N–H and O–H groups in total. The van der Waals surface area contributed by atoms with Crippen LogP contribution in [0.5, 0.6) is 0 Å². The maximum atomic E-state index is 13.3. The van der Waals surface area contributed by atoms with Crippen LogP contribution < -0.4 is 5.73 Å². The van der Waals surface area contributed by atoms with Gasteiger partial charge in [-0.15, -0.1) is 0 Å². The van der Waals surface area contributed by atoms with E-state index in [1.54, 1.807) is 25.1 Å². The highest BCUT2D eigenvalue weighted by Crippen LogP contribution is 2.10. The highest BCUT2D eigenvalue weighted by Gasteiger charge is 2.00. The van der Waals surface area contributed by atoms with Gasteiger partial charge in [-0.1, -0.05) is 24.0 Å². The summed E-state index contributed by atoms with van der Waals surface area (Å²) in [6.07, 6.45) is 0.605. The van der Waals surface area contributed by atoms with Gasteiger partial charge in [0.05, 0.1) is 5.56 Å². The van der Waals surface area contributed by atoms with Gasteiger partial charge < -0.3 is 5.73 Å². The van der Waals surface area contributed by atoms with Crippen LogP contribution in [0, 0.1) is 24.6 Å². The van der Waals surface area contributed by atoms with Crippen LogP contribution >= 0.6 is 0 Å². The van der Waals surface area contributed by atoms with Gasteiger partial charge in [-0.05, 0) is 18.6 Å². The summed E-state index contributed by atoms with van der Waals surface area (Å²) < 4.78 is 13.3. The second-order valence-electron chi connectivity index (χ2n) is 2.78. The summed E-state index contributed by atoms with van der Waals surface area (Å²) in [7, 11) is 0. The lowest BCUT2D eigenvalue weighted by atomic mass is 10.1. The lowest BCUT2D eigenvalue weighted by Crippen LogP contribution is -1.95. The second-order valence-corrected chi connectivity index (χ2v) is 2.78. The third-order valence-corrected chi connectivity index (χ3v) is 1.68. The van der Waals surface area contributed by atoms with Crippen LogP contribution in [0.15, 0.2) is 18.2 Å². The summed E-state index contributed by atoms with van der Waals surface area (Å²) in [5.41, 5.74) is 6.34. The third-order valence-electron chi connectivity index (χ3n) is 1.68. The molecule has 0 saturated carbocycles. The highest BCUT2D eigenvalue weighted by molar-refractivity contribution is 5.38. The Kier molecular flexibility index (Phi) is 3.48. The van der Waals surface area contributed by atoms with Gasteiger partial charge in [-0.25, -0.2) is 4.39 Å². The van der Waals surface area contributed by atoms with Crippen molar-refractivity contribution < 1.29 is 4.39 Å². The van der Waals surface area contributed by atoms with Crippen LogP contribution in [0.25, 0.3) is 0 Å². The Morgan fingerprint density at radius 3 is 2.92 bits per heavy atom. The molecule has 0 bridgehead atoms. The van der Waals surface area contributed by atoms with Crippen LogP contribution in [-0.2, 0) is 0 Å². The zero-order valence-electron chi connectivity index (χ0n) is 7.60. The van der Waals surface area contributed by atoms with E-state index in [1.807, 2.05) is 0 Å². The van der Waals surface area contributed by atoms with Crippen molar-refractivity contribution in [3.05, 3.63) is 35.1 Å². The fourth-order valence-corrected chi connectivity index (χ4v) is 0.974. The van der Waals surface area contributed by atoms with Crippen LogP contribution in [0.4, 0.5) is 4.39 Å². The lowest BCUT2D eigenvalue weighted by molar-refractivity contribution is 0.615. The number of rotatable bonds is 1. The highest BCUT2D eigenvalue weighted by atomic mass is 19.1. The summed E-state index contributed by atoms with van der Waals surface area (Å²) in [5, 5.41) is 0. The number of nitrogens with two attached hydrogens (primary N) is 1. The smallest absolute Gasteiger partial charge is 0.141 e. The zero-order chi connectivity index (χ0) is 9.68. The molecule has 1 rings (SSSR count). The average Bonchev–Trinajstić information content (AvgIpc) is 2.13. The van der Waals surface area contributed by atoms with E-state index in [-0.39, 0.29) is 5.82 Å². The first kappa shape index (κ1) is 9.76. The molecule has 68 valence electrons. The molecule has 0 saturated heterocycles. The van der Waals surface area contributed by atoms with Crippen molar-refractivity contribution in [3.8, 4) is 11.8 Å². The van der Waals surface area contributed by atoms with Crippen molar-refractivity contribution in [1.82, 2.24) is 0 Å². The van der Waals surface area contributed by atoms with E-state index < -0.39 is 0 Å². The topological polar surface area (TPSA) is 26.0 Å². The Balaban J connectivity index is 2.91. The largest absolute Gasteiger partial charge is 0.330 e. The lowest BCUT2D eigenvalue weighted by Gasteiger charge is -1.96. The van der Waals surface area contributed by atoms with E-state index in [9.17, 15) is 4.39 Å². The molecule has 13 heavy (non-hydrogen) atoms. The molecule has 1 aromatic rings. The van der Waals surface area contributed by atoms with E-state index in [0.29, 0.717) is 24.1 Å². The number of benzene rings is 1. The number of halogens is 1. The second kappa shape index (κ2) is 4.64. The molecule has 2 heteroatoms. The van der Waals surface area contributed by atoms with Gasteiger partial charge >= 0.3 is 0 Å². The number of aryl methyl sites for hydroxylation is 1. The van der Waals surface area contributed by atoms with Crippen LogP contribution in [0.1, 0.15) is 17.5 Å². The Labute approximate surface area is 77.8 Å². The molecule has 0 fully saturated rings. The molecule has 0 aliphatic carbocycles. The van der Waals surface area contributed by atoms with Crippen molar-refractivity contribution in [2.45, 2.75) is 13.3 Å². The van der Waals surface area contributed by atoms with Crippen molar-refractivity contribution in [2.75, 3.05) is 6.54 Å². The molecule has 0 atom stereocenters. The summed E-state index contributed by atoms with van der Waals surface area (Å²) in [6.45, 7) is 2.24. The van der Waals surface area contributed by atoms with Crippen molar-refractivity contribution in [1.29, 1.82) is 0 Å². The Hall–Kier alpha value is -1.33. The van der Waals surface area contributed by atoms with Crippen molar-refractivity contribution in [2.24, 2.45) is 5.73 Å². The zero-order valence-corrected chi connectivity index (χ0v) is 7.60. The molecule has 0 radical (unpaired) electrons. The third kappa shape index (κ3) is 2.57. The molecule has 0 heterocycles. The summed E-state index contributed by atoms with van der Waals surface area (Å²) in [5.74, 6) is 5.32. The maximum absolute atomic E-state index is 13.3. The van der Waals surface area contributed by atoms with E-state index in [2.05, 4.69) is 11.8 Å². The van der Waals surface area contributed by atoms with Gasteiger partial charge in [0.1, 0.15) is 5.82 Å². The summed E-state index contributed by atoms with van der Waals surface area (Å²) in [6, 6.07) is 5.19. The van der Waals surface area contributed by atoms with Gasteiger partial charge in [0.25, 0.3) is 0 Å². The van der Waals surface area contributed by atoms with Gasteiger partial charge in [0.2, 0.25) is 0 Å². The minimum atomic E-state index is -0.230. The molecule has 1 nitrogen and oxygen atoms in total. The Morgan fingerprint density at radius 1 is 1.46 bits per heavy atom. The van der Waals surface area contributed by atoms with Crippen LogP contribution in [0.3, 0.4) is 0 Å². The van der Waals surface area contributed by atoms with E-state index >= 15 is 0 Å². The summed E-state index contributed by atoms with van der Waals surface area (Å²) in [4.78, 5) is 0. The van der Waals surface area contributed by atoms with Gasteiger partial charge in [-0.3, -0.25) is 0 Å². The maximum Gasteiger partial charge on any atom is 0.141 e. The van der Waals surface area contributed by atoms with E-state index in [0.717, 1.165) is 0 Å². The van der Waals surface area contributed by atoms with Crippen molar-refractivity contribution >= 4 is 0 Å². The minimum Gasteiger partial charge on any atom is -0.330 e. The average molecular weight is 177 g/mol. The Morgan fingerprint density at radius 2 is 2.23 bits per heavy atom. The predicted molar refractivity (Wildman–Crippen MR) is 51.7 cm³/mol. The molecular weight excluding hydrogens is 165 g/mol. The predicted octanol–water partition coefficient (Wildman–Crippen LogP) is 1.83. The monoisotopic (exact) mass is 177 g/mol. The fourth-order valence-electron chi connectivity index (χ4n) is 0.974. The minimum absolute atomic E-state index is 0.230. The summed E-state index contributed by atoms with van der Waals surface area (Å²) >= 11 is 0. The first-order valence-corrected chi connectivity index (χ1v) is 4.19. The molecule has 1 aromatic carbocycles. The first-order chi connectivity index (χ1) is 6.25.